The summed E-state index contributed by atoms with van der Waals surface area (Å²) >= 11 is 6.90. The topological polar surface area (TPSA) is 71.7 Å². The first-order chi connectivity index (χ1) is 8.63. The van der Waals surface area contributed by atoms with Gasteiger partial charge in [0, 0.05) is 10.5 Å². The molecule has 18 heavy (non-hydrogen) atoms. The second-order valence-electron chi connectivity index (χ2n) is 3.94. The summed E-state index contributed by atoms with van der Waals surface area (Å²) < 4.78 is 7.03. The van der Waals surface area contributed by atoms with Crippen molar-refractivity contribution in [2.75, 3.05) is 12.4 Å². The first kappa shape index (κ1) is 13.6. The molecular formula is C11H14Br2N4O. The van der Waals surface area contributed by atoms with Crippen molar-refractivity contribution in [1.29, 1.82) is 0 Å². The van der Waals surface area contributed by atoms with Crippen LogP contribution in [-0.2, 0) is 0 Å². The Morgan fingerprint density at radius 1 is 1.39 bits per heavy atom. The van der Waals surface area contributed by atoms with E-state index >= 15 is 0 Å². The largest absolute Gasteiger partial charge is 0.495 e. The number of hydrogen-bond acceptors (Lipinski definition) is 3. The van der Waals surface area contributed by atoms with Gasteiger partial charge in [-0.2, -0.15) is 0 Å². The Bertz CT molecular complexity index is 474. The number of aliphatic imine (C=N–C) groups is 1. The number of ether oxygens (including phenoxy) is 1. The molecule has 0 spiro atoms. The minimum atomic E-state index is 0.389. The molecule has 0 aliphatic heterocycles. The Balaban J connectivity index is 2.21. The summed E-state index contributed by atoms with van der Waals surface area (Å²) in [6.45, 7) is 0. The molecule has 2 rings (SSSR count). The molecule has 0 bridgehead atoms. The van der Waals surface area contributed by atoms with Crippen LogP contribution in [-0.4, -0.2) is 19.1 Å². The standard InChI is InChI=1S/C11H14Br2N4O/c1-18-10-5-9(7(12)4-8(10)13)16-11(17-14)15-6-2-3-6/h4-6H,2-3,14H2,1H3,(H2,15,16,17). The van der Waals surface area contributed by atoms with Crippen LogP contribution < -0.4 is 21.3 Å². The first-order valence-corrected chi connectivity index (χ1v) is 7.07. The van der Waals surface area contributed by atoms with E-state index in [2.05, 4.69) is 47.6 Å². The van der Waals surface area contributed by atoms with Crippen molar-refractivity contribution in [3.05, 3.63) is 21.1 Å². The van der Waals surface area contributed by atoms with E-state index in [1.54, 1.807) is 7.11 Å². The van der Waals surface area contributed by atoms with E-state index in [-0.39, 0.29) is 0 Å². The minimum absolute atomic E-state index is 0.389. The molecule has 7 heteroatoms. The van der Waals surface area contributed by atoms with Crippen LogP contribution in [0.15, 0.2) is 26.1 Å². The number of methoxy groups -OCH3 is 1. The molecule has 0 heterocycles. The second-order valence-corrected chi connectivity index (χ2v) is 5.65. The lowest BCUT2D eigenvalue weighted by molar-refractivity contribution is 0.412. The summed E-state index contributed by atoms with van der Waals surface area (Å²) in [5.74, 6) is 6.75. The summed E-state index contributed by atoms with van der Waals surface area (Å²) in [7, 11) is 1.62. The van der Waals surface area contributed by atoms with Crippen LogP contribution in [0, 0.1) is 0 Å². The number of rotatable bonds is 3. The predicted molar refractivity (Wildman–Crippen MR) is 79.8 cm³/mol. The van der Waals surface area contributed by atoms with E-state index in [0.29, 0.717) is 12.0 Å². The van der Waals surface area contributed by atoms with Crippen molar-refractivity contribution >= 4 is 43.5 Å². The molecule has 0 unspecified atom stereocenters. The fourth-order valence-corrected chi connectivity index (χ4v) is 2.66. The zero-order valence-electron chi connectivity index (χ0n) is 9.84. The molecule has 1 aromatic carbocycles. The smallest absolute Gasteiger partial charge is 0.210 e. The molecule has 0 amide bonds. The lowest BCUT2D eigenvalue weighted by atomic mass is 10.3. The molecule has 0 saturated heterocycles. The van der Waals surface area contributed by atoms with Crippen molar-refractivity contribution in [2.45, 2.75) is 18.9 Å². The van der Waals surface area contributed by atoms with E-state index in [1.165, 1.54) is 0 Å². The van der Waals surface area contributed by atoms with Gasteiger partial charge in [-0.25, -0.2) is 10.8 Å². The number of nitrogens with one attached hydrogen (secondary N) is 2. The zero-order valence-corrected chi connectivity index (χ0v) is 13.0. The van der Waals surface area contributed by atoms with E-state index in [9.17, 15) is 0 Å². The summed E-state index contributed by atoms with van der Waals surface area (Å²) in [6, 6.07) is 4.17. The Hall–Kier alpha value is -0.790. The van der Waals surface area contributed by atoms with Gasteiger partial charge in [0.2, 0.25) is 5.96 Å². The van der Waals surface area contributed by atoms with E-state index in [1.807, 2.05) is 12.1 Å². The summed E-state index contributed by atoms with van der Waals surface area (Å²) in [4.78, 5) is 4.42. The van der Waals surface area contributed by atoms with Gasteiger partial charge in [0.15, 0.2) is 0 Å². The van der Waals surface area contributed by atoms with Crippen LogP contribution in [0.3, 0.4) is 0 Å². The van der Waals surface area contributed by atoms with Gasteiger partial charge in [-0.05, 0) is 50.8 Å². The lowest BCUT2D eigenvalue weighted by Gasteiger charge is -2.13. The van der Waals surface area contributed by atoms with E-state index in [4.69, 9.17) is 10.6 Å². The highest BCUT2D eigenvalue weighted by Gasteiger charge is 2.21. The number of halogens is 2. The lowest BCUT2D eigenvalue weighted by Crippen LogP contribution is -2.36. The average Bonchev–Trinajstić information content (AvgIpc) is 3.15. The number of hydrazine groups is 1. The molecule has 4 N–H and O–H groups in total. The van der Waals surface area contributed by atoms with Crippen molar-refractivity contribution in [3.63, 3.8) is 0 Å². The van der Waals surface area contributed by atoms with Gasteiger partial charge in [0.25, 0.3) is 0 Å². The van der Waals surface area contributed by atoms with Crippen molar-refractivity contribution in [1.82, 2.24) is 5.43 Å². The normalized spacial score (nSPS) is 15.4. The molecule has 0 radical (unpaired) electrons. The van der Waals surface area contributed by atoms with Gasteiger partial charge < -0.3 is 10.1 Å². The van der Waals surface area contributed by atoms with Gasteiger partial charge >= 0.3 is 0 Å². The van der Waals surface area contributed by atoms with Crippen molar-refractivity contribution in [3.8, 4) is 5.75 Å². The van der Waals surface area contributed by atoms with Crippen LogP contribution in [0.2, 0.25) is 0 Å². The van der Waals surface area contributed by atoms with Gasteiger partial charge in [-0.3, -0.25) is 5.43 Å². The maximum absolute atomic E-state index is 5.45. The molecule has 98 valence electrons. The van der Waals surface area contributed by atoms with Gasteiger partial charge in [0.1, 0.15) is 5.75 Å². The van der Waals surface area contributed by atoms with Crippen LogP contribution in [0.5, 0.6) is 5.75 Å². The van der Waals surface area contributed by atoms with Gasteiger partial charge in [0.05, 0.1) is 23.3 Å². The fraction of sp³-hybridized carbons (Fsp3) is 0.364. The average molecular weight is 378 g/mol. The van der Waals surface area contributed by atoms with Crippen molar-refractivity contribution < 1.29 is 4.74 Å². The van der Waals surface area contributed by atoms with Crippen LogP contribution in [0.4, 0.5) is 5.69 Å². The third kappa shape index (κ3) is 3.37. The number of nitrogens with two attached hydrogens (primary N) is 1. The molecule has 1 aliphatic rings. The summed E-state index contributed by atoms with van der Waals surface area (Å²) in [5.41, 5.74) is 3.41. The quantitative estimate of drug-likeness (QED) is 0.327. The van der Waals surface area contributed by atoms with Crippen LogP contribution >= 0.6 is 31.9 Å². The maximum atomic E-state index is 5.45. The molecule has 1 fully saturated rings. The predicted octanol–water partition coefficient (Wildman–Crippen LogP) is 2.61. The monoisotopic (exact) mass is 376 g/mol. The van der Waals surface area contributed by atoms with Crippen LogP contribution in [0.1, 0.15) is 12.8 Å². The molecule has 1 aliphatic carbocycles. The third-order valence-corrected chi connectivity index (χ3v) is 3.77. The SMILES string of the molecule is COc1cc(NC(=NC2CC2)NN)c(Br)cc1Br. The Morgan fingerprint density at radius 3 is 2.67 bits per heavy atom. The number of guanidine groups is 1. The molecule has 1 saturated carbocycles. The Kier molecular flexibility index (Phi) is 4.47. The molecule has 0 aromatic heterocycles. The molecule has 5 nitrogen and oxygen atoms in total. The van der Waals surface area contributed by atoms with Crippen LogP contribution in [0.25, 0.3) is 0 Å². The van der Waals surface area contributed by atoms with E-state index < -0.39 is 0 Å². The van der Waals surface area contributed by atoms with Crippen molar-refractivity contribution in [2.24, 2.45) is 10.8 Å². The molecular weight excluding hydrogens is 364 g/mol. The number of hydrogen-bond donors (Lipinski definition) is 3. The Labute approximate surface area is 122 Å². The molecule has 0 atom stereocenters. The fourth-order valence-electron chi connectivity index (χ4n) is 1.40. The summed E-state index contributed by atoms with van der Waals surface area (Å²) in [5, 5.41) is 3.14. The second kappa shape index (κ2) is 5.90. The van der Waals surface area contributed by atoms with Gasteiger partial charge in [-0.1, -0.05) is 0 Å². The van der Waals surface area contributed by atoms with E-state index in [0.717, 1.165) is 33.2 Å². The third-order valence-electron chi connectivity index (χ3n) is 2.49. The highest BCUT2D eigenvalue weighted by atomic mass is 79.9. The zero-order chi connectivity index (χ0) is 13.1. The first-order valence-electron chi connectivity index (χ1n) is 5.48. The summed E-state index contributed by atoms with van der Waals surface area (Å²) in [6.07, 6.45) is 2.25. The number of benzene rings is 1. The maximum Gasteiger partial charge on any atom is 0.210 e. The number of nitrogens with zero attached hydrogens (tertiary/aromatic N) is 1. The highest BCUT2D eigenvalue weighted by Crippen LogP contribution is 2.34. The van der Waals surface area contributed by atoms with Gasteiger partial charge in [-0.15, -0.1) is 0 Å². The Morgan fingerprint density at radius 2 is 2.11 bits per heavy atom. The molecule has 1 aromatic rings. The minimum Gasteiger partial charge on any atom is -0.495 e. The highest BCUT2D eigenvalue weighted by molar-refractivity contribution is 9.11. The number of anilines is 1.